The van der Waals surface area contributed by atoms with Crippen molar-refractivity contribution in [1.82, 2.24) is 9.62 Å². The van der Waals surface area contributed by atoms with Crippen molar-refractivity contribution < 1.29 is 23.1 Å². The molecule has 21 heavy (non-hydrogen) atoms. The Morgan fingerprint density at radius 3 is 2.62 bits per heavy atom. The van der Waals surface area contributed by atoms with Gasteiger partial charge in [0.15, 0.2) is 0 Å². The molecule has 1 saturated carbocycles. The van der Waals surface area contributed by atoms with Crippen LogP contribution >= 0.6 is 27.3 Å². The van der Waals surface area contributed by atoms with Gasteiger partial charge in [-0.3, -0.25) is 4.79 Å². The molecular weight excluding hydrogens is 384 g/mol. The highest BCUT2D eigenvalue weighted by Crippen LogP contribution is 2.33. The topological polar surface area (TPSA) is 104 Å². The lowest BCUT2D eigenvalue weighted by molar-refractivity contribution is -0.121. The summed E-state index contributed by atoms with van der Waals surface area (Å²) in [6.07, 6.45) is 1.83. The third kappa shape index (κ3) is 3.82. The number of likely N-dealkylation sites (N-methyl/N-ethyl adjacent to an activating group) is 1. The lowest BCUT2D eigenvalue weighted by Gasteiger charge is -2.16. The molecule has 0 saturated heterocycles. The Hall–Kier alpha value is -0.970. The molecule has 0 atom stereocenters. The molecule has 0 spiro atoms. The molecular formula is C11H13BrN2O5S2. The average molecular weight is 397 g/mol. The van der Waals surface area contributed by atoms with Gasteiger partial charge >= 0.3 is 5.97 Å². The zero-order valence-electron chi connectivity index (χ0n) is 11.0. The van der Waals surface area contributed by atoms with Crippen molar-refractivity contribution in [3.05, 3.63) is 14.7 Å². The van der Waals surface area contributed by atoms with E-state index in [1.54, 1.807) is 0 Å². The molecule has 0 aromatic carbocycles. The van der Waals surface area contributed by atoms with Crippen molar-refractivity contribution in [2.75, 3.05) is 13.6 Å². The fourth-order valence-electron chi connectivity index (χ4n) is 1.59. The molecule has 2 rings (SSSR count). The van der Waals surface area contributed by atoms with Crippen molar-refractivity contribution in [3.8, 4) is 0 Å². The van der Waals surface area contributed by atoms with Gasteiger partial charge in [0, 0.05) is 13.1 Å². The minimum Gasteiger partial charge on any atom is -0.477 e. The molecule has 1 heterocycles. The van der Waals surface area contributed by atoms with Crippen molar-refractivity contribution >= 4 is 49.2 Å². The van der Waals surface area contributed by atoms with Crippen LogP contribution in [-0.2, 0) is 14.8 Å². The van der Waals surface area contributed by atoms with Crippen LogP contribution in [0.3, 0.4) is 0 Å². The Balaban J connectivity index is 2.15. The molecule has 1 aliphatic rings. The van der Waals surface area contributed by atoms with Gasteiger partial charge in [0.25, 0.3) is 0 Å². The lowest BCUT2D eigenvalue weighted by Crippen LogP contribution is -2.39. The molecule has 0 unspecified atom stereocenters. The normalized spacial score (nSPS) is 15.2. The summed E-state index contributed by atoms with van der Waals surface area (Å²) in [6.45, 7) is -0.302. The first-order valence-corrected chi connectivity index (χ1v) is 9.05. The molecule has 10 heteroatoms. The molecule has 0 aliphatic heterocycles. The third-order valence-corrected chi connectivity index (χ3v) is 6.91. The van der Waals surface area contributed by atoms with E-state index < -0.39 is 16.0 Å². The van der Waals surface area contributed by atoms with Gasteiger partial charge in [0.1, 0.15) is 9.77 Å². The molecule has 1 aromatic heterocycles. The summed E-state index contributed by atoms with van der Waals surface area (Å²) in [5.41, 5.74) is 0. The van der Waals surface area contributed by atoms with E-state index in [1.165, 1.54) is 7.05 Å². The first-order chi connectivity index (χ1) is 9.71. The number of hydrogen-bond acceptors (Lipinski definition) is 5. The minimum absolute atomic E-state index is 0.0868. The molecule has 1 aliphatic carbocycles. The molecule has 1 aromatic rings. The summed E-state index contributed by atoms with van der Waals surface area (Å²) in [5.74, 6) is -1.57. The Bertz CT molecular complexity index is 681. The highest BCUT2D eigenvalue weighted by atomic mass is 79.9. The van der Waals surface area contributed by atoms with Crippen LogP contribution in [0.5, 0.6) is 0 Å². The van der Waals surface area contributed by atoms with Crippen LogP contribution < -0.4 is 5.32 Å². The second kappa shape index (κ2) is 6.03. The van der Waals surface area contributed by atoms with Crippen molar-refractivity contribution in [1.29, 1.82) is 0 Å². The number of amides is 1. The molecule has 0 bridgehead atoms. The average Bonchev–Trinajstić information content (AvgIpc) is 3.07. The Labute approximate surface area is 134 Å². The van der Waals surface area contributed by atoms with Crippen molar-refractivity contribution in [2.24, 2.45) is 0 Å². The number of carbonyl (C=O) groups excluding carboxylic acids is 1. The van der Waals surface area contributed by atoms with E-state index in [1.807, 2.05) is 0 Å². The molecule has 1 amide bonds. The number of nitrogens with zero attached hydrogens (tertiary/aromatic N) is 1. The minimum atomic E-state index is -3.92. The number of carbonyl (C=O) groups is 2. The standard InChI is InChI=1S/C11H13BrN2O5S2/c1-14(5-9(15)13-6-2-3-6)21(18,19)8-4-7(11(16)17)20-10(8)12/h4,6H,2-3,5H2,1H3,(H,13,15)(H,16,17). The number of thiophene rings is 1. The van der Waals surface area contributed by atoms with E-state index in [0.717, 1.165) is 34.6 Å². The maximum absolute atomic E-state index is 12.4. The SMILES string of the molecule is CN(CC(=O)NC1CC1)S(=O)(=O)c1cc(C(=O)O)sc1Br. The van der Waals surface area contributed by atoms with Gasteiger partial charge in [-0.1, -0.05) is 0 Å². The zero-order valence-corrected chi connectivity index (χ0v) is 14.2. The van der Waals surface area contributed by atoms with Gasteiger partial charge in [-0.05, 0) is 34.8 Å². The number of nitrogens with one attached hydrogen (secondary N) is 1. The number of aromatic carboxylic acids is 1. The monoisotopic (exact) mass is 396 g/mol. The molecule has 7 nitrogen and oxygen atoms in total. The van der Waals surface area contributed by atoms with Crippen molar-refractivity contribution in [3.63, 3.8) is 0 Å². The van der Waals surface area contributed by atoms with Crippen LogP contribution in [0, 0.1) is 0 Å². The van der Waals surface area contributed by atoms with Gasteiger partial charge in [0.2, 0.25) is 15.9 Å². The predicted octanol–water partition coefficient (Wildman–Crippen LogP) is 1.11. The van der Waals surface area contributed by atoms with Gasteiger partial charge in [-0.2, -0.15) is 4.31 Å². The van der Waals surface area contributed by atoms with E-state index in [4.69, 9.17) is 5.11 Å². The highest BCUT2D eigenvalue weighted by Gasteiger charge is 2.30. The number of carboxylic acid groups (broad SMARTS) is 1. The first kappa shape index (κ1) is 16.4. The summed E-state index contributed by atoms with van der Waals surface area (Å²) in [6, 6.07) is 1.24. The molecule has 116 valence electrons. The quantitative estimate of drug-likeness (QED) is 0.749. The Morgan fingerprint density at radius 2 is 2.14 bits per heavy atom. The van der Waals surface area contributed by atoms with Crippen LogP contribution in [0.1, 0.15) is 22.5 Å². The van der Waals surface area contributed by atoms with E-state index in [-0.39, 0.29) is 32.1 Å². The van der Waals surface area contributed by atoms with Crippen LogP contribution in [-0.4, -0.2) is 49.3 Å². The van der Waals surface area contributed by atoms with E-state index >= 15 is 0 Å². The second-order valence-corrected chi connectivity index (χ2v) is 9.04. The fourth-order valence-corrected chi connectivity index (χ4v) is 5.07. The van der Waals surface area contributed by atoms with E-state index in [0.29, 0.717) is 0 Å². The highest BCUT2D eigenvalue weighted by molar-refractivity contribution is 9.11. The van der Waals surface area contributed by atoms with Crippen LogP contribution in [0.2, 0.25) is 0 Å². The third-order valence-electron chi connectivity index (χ3n) is 2.86. The number of sulfonamides is 1. The fraction of sp³-hybridized carbons (Fsp3) is 0.455. The van der Waals surface area contributed by atoms with Gasteiger partial charge in [0.05, 0.1) is 10.3 Å². The summed E-state index contributed by atoms with van der Waals surface area (Å²) < 4.78 is 25.8. The molecule has 2 N–H and O–H groups in total. The smallest absolute Gasteiger partial charge is 0.345 e. The Kier molecular flexibility index (Phi) is 4.71. The number of halogens is 1. The lowest BCUT2D eigenvalue weighted by atomic mass is 10.5. The number of hydrogen-bond donors (Lipinski definition) is 2. The maximum Gasteiger partial charge on any atom is 0.345 e. The molecule has 1 fully saturated rings. The second-order valence-electron chi connectivity index (χ2n) is 4.66. The molecule has 0 radical (unpaired) electrons. The Morgan fingerprint density at radius 1 is 1.52 bits per heavy atom. The van der Waals surface area contributed by atoms with E-state index in [2.05, 4.69) is 21.2 Å². The summed E-state index contributed by atoms with van der Waals surface area (Å²) in [5, 5.41) is 11.6. The van der Waals surface area contributed by atoms with Gasteiger partial charge in [-0.15, -0.1) is 11.3 Å². The predicted molar refractivity (Wildman–Crippen MR) is 80.0 cm³/mol. The maximum atomic E-state index is 12.4. The summed E-state index contributed by atoms with van der Waals surface area (Å²) in [4.78, 5) is 22.3. The zero-order chi connectivity index (χ0) is 15.8. The van der Waals surface area contributed by atoms with Gasteiger partial charge < -0.3 is 10.4 Å². The van der Waals surface area contributed by atoms with Crippen LogP contribution in [0.4, 0.5) is 0 Å². The van der Waals surface area contributed by atoms with Crippen molar-refractivity contribution in [2.45, 2.75) is 23.8 Å². The van der Waals surface area contributed by atoms with Gasteiger partial charge in [-0.25, -0.2) is 13.2 Å². The van der Waals surface area contributed by atoms with Crippen LogP contribution in [0.25, 0.3) is 0 Å². The first-order valence-electron chi connectivity index (χ1n) is 6.00. The van der Waals surface area contributed by atoms with Crippen LogP contribution in [0.15, 0.2) is 14.7 Å². The number of carboxylic acids is 1. The number of rotatable bonds is 6. The largest absolute Gasteiger partial charge is 0.477 e. The summed E-state index contributed by atoms with van der Waals surface area (Å²) in [7, 11) is -2.64. The summed E-state index contributed by atoms with van der Waals surface area (Å²) >= 11 is 3.87. The van der Waals surface area contributed by atoms with E-state index in [9.17, 15) is 18.0 Å².